The lowest BCUT2D eigenvalue weighted by atomic mass is 9.85. The molecule has 0 bridgehead atoms. The summed E-state index contributed by atoms with van der Waals surface area (Å²) >= 11 is 0. The Kier molecular flexibility index (Phi) is 8.27. The van der Waals surface area contributed by atoms with Gasteiger partial charge < -0.3 is 15.2 Å². The topological polar surface area (TPSA) is 97.1 Å². The van der Waals surface area contributed by atoms with Crippen LogP contribution >= 0.6 is 0 Å². The molecule has 7 nitrogen and oxygen atoms in total. The number of hydrogen-bond donors (Lipinski definition) is 2. The molecule has 1 atom stereocenters. The molecule has 0 aliphatic heterocycles. The molecule has 0 spiro atoms. The van der Waals surface area contributed by atoms with Crippen LogP contribution in [-0.4, -0.2) is 22.0 Å². The van der Waals surface area contributed by atoms with Crippen LogP contribution in [-0.2, 0) is 21.5 Å². The quantitative estimate of drug-likeness (QED) is 0.548. The van der Waals surface area contributed by atoms with E-state index in [1.54, 1.807) is 0 Å². The number of carbonyl (C=O) groups is 2. The van der Waals surface area contributed by atoms with Gasteiger partial charge >= 0.3 is 0 Å². The Labute approximate surface area is 197 Å². The maximum absolute atomic E-state index is 12.8. The number of aryl methyl sites for hydroxylation is 1. The zero-order valence-electron chi connectivity index (χ0n) is 20.4. The van der Waals surface area contributed by atoms with Crippen LogP contribution in [0.4, 0.5) is 0 Å². The number of hydrogen-bond acceptors (Lipinski definition) is 5. The summed E-state index contributed by atoms with van der Waals surface area (Å²) in [6.45, 7) is 8.05. The van der Waals surface area contributed by atoms with Gasteiger partial charge in [-0.3, -0.25) is 9.59 Å². The van der Waals surface area contributed by atoms with Crippen molar-refractivity contribution in [2.24, 2.45) is 5.41 Å². The second-order valence-corrected chi connectivity index (χ2v) is 10.5. The minimum absolute atomic E-state index is 0.0427. The molecule has 1 unspecified atom stereocenters. The molecule has 1 aromatic carbocycles. The lowest BCUT2D eigenvalue weighted by molar-refractivity contribution is -0.122. The van der Waals surface area contributed by atoms with Crippen LogP contribution in [0.5, 0.6) is 0 Å². The zero-order chi connectivity index (χ0) is 23.9. The highest BCUT2D eigenvalue weighted by molar-refractivity contribution is 5.76. The Morgan fingerprint density at radius 2 is 1.76 bits per heavy atom. The number of amides is 2. The number of nitrogens with one attached hydrogen (secondary N) is 2. The standard InChI is InChI=1S/C26H38N4O3/c1-19(31)29-26(16-10-5-6-11-17-26)24-28-23(33-30-24)15-14-22(32)27-21(18-25(2,3)4)20-12-8-7-9-13-20/h7-9,12-13,21H,5-6,10-11,14-18H2,1-4H3,(H,27,32)(H,29,31). The molecule has 33 heavy (non-hydrogen) atoms. The number of benzene rings is 1. The van der Waals surface area contributed by atoms with Gasteiger partial charge in [-0.15, -0.1) is 0 Å². The van der Waals surface area contributed by atoms with Crippen LogP contribution in [0.3, 0.4) is 0 Å². The van der Waals surface area contributed by atoms with Gasteiger partial charge in [0.2, 0.25) is 17.7 Å². The molecule has 1 fully saturated rings. The molecule has 2 aromatic rings. The Bertz CT molecular complexity index is 909. The van der Waals surface area contributed by atoms with Crippen molar-refractivity contribution < 1.29 is 14.1 Å². The van der Waals surface area contributed by atoms with Crippen LogP contribution in [0.25, 0.3) is 0 Å². The maximum atomic E-state index is 12.8. The molecular weight excluding hydrogens is 416 g/mol. The fraction of sp³-hybridized carbons (Fsp3) is 0.615. The Morgan fingerprint density at radius 3 is 2.36 bits per heavy atom. The van der Waals surface area contributed by atoms with Crippen molar-refractivity contribution in [1.82, 2.24) is 20.8 Å². The van der Waals surface area contributed by atoms with Gasteiger partial charge in [-0.2, -0.15) is 4.98 Å². The minimum atomic E-state index is -0.572. The summed E-state index contributed by atoms with van der Waals surface area (Å²) in [6, 6.07) is 10.0. The first kappa shape index (κ1) is 24.9. The molecule has 1 heterocycles. The highest BCUT2D eigenvalue weighted by atomic mass is 16.5. The molecule has 7 heteroatoms. The highest BCUT2D eigenvalue weighted by Crippen LogP contribution is 2.35. The summed E-state index contributed by atoms with van der Waals surface area (Å²) in [4.78, 5) is 29.3. The fourth-order valence-electron chi connectivity index (χ4n) is 4.66. The van der Waals surface area contributed by atoms with Crippen molar-refractivity contribution in [1.29, 1.82) is 0 Å². The lowest BCUT2D eigenvalue weighted by Gasteiger charge is -2.30. The summed E-state index contributed by atoms with van der Waals surface area (Å²) in [5.41, 5.74) is 0.607. The van der Waals surface area contributed by atoms with Gasteiger partial charge in [0.1, 0.15) is 5.54 Å². The number of aromatic nitrogens is 2. The van der Waals surface area contributed by atoms with Gasteiger partial charge in [-0.1, -0.05) is 81.9 Å². The smallest absolute Gasteiger partial charge is 0.227 e. The largest absolute Gasteiger partial charge is 0.349 e. The molecule has 0 saturated heterocycles. The van der Waals surface area contributed by atoms with E-state index in [9.17, 15) is 9.59 Å². The number of nitrogens with zero attached hydrogens (tertiary/aromatic N) is 2. The second-order valence-electron chi connectivity index (χ2n) is 10.5. The predicted octanol–water partition coefficient (Wildman–Crippen LogP) is 4.98. The van der Waals surface area contributed by atoms with E-state index < -0.39 is 5.54 Å². The zero-order valence-corrected chi connectivity index (χ0v) is 20.4. The second kappa shape index (κ2) is 10.9. The average Bonchev–Trinajstić information content (AvgIpc) is 3.11. The van der Waals surface area contributed by atoms with E-state index in [-0.39, 0.29) is 29.7 Å². The van der Waals surface area contributed by atoms with Gasteiger partial charge in [-0.05, 0) is 30.2 Å². The first-order valence-corrected chi connectivity index (χ1v) is 12.1. The first-order chi connectivity index (χ1) is 15.7. The van der Waals surface area contributed by atoms with Gasteiger partial charge in [0.25, 0.3) is 0 Å². The van der Waals surface area contributed by atoms with E-state index in [0.29, 0.717) is 18.1 Å². The molecule has 2 amide bonds. The van der Waals surface area contributed by atoms with E-state index >= 15 is 0 Å². The molecule has 1 saturated carbocycles. The van der Waals surface area contributed by atoms with E-state index in [1.807, 2.05) is 18.2 Å². The van der Waals surface area contributed by atoms with Gasteiger partial charge in [0.15, 0.2) is 5.82 Å². The Balaban J connectivity index is 1.64. The van der Waals surface area contributed by atoms with Crippen molar-refractivity contribution >= 4 is 11.8 Å². The van der Waals surface area contributed by atoms with Crippen LogP contribution < -0.4 is 10.6 Å². The van der Waals surface area contributed by atoms with E-state index in [4.69, 9.17) is 4.52 Å². The molecule has 1 aliphatic rings. The van der Waals surface area contributed by atoms with E-state index in [1.165, 1.54) is 6.92 Å². The van der Waals surface area contributed by atoms with Gasteiger partial charge in [-0.25, -0.2) is 0 Å². The summed E-state index contributed by atoms with van der Waals surface area (Å²) in [5, 5.41) is 10.5. The third-order valence-electron chi connectivity index (χ3n) is 6.19. The lowest BCUT2D eigenvalue weighted by Crippen LogP contribution is -2.45. The van der Waals surface area contributed by atoms with Crippen molar-refractivity contribution in [3.63, 3.8) is 0 Å². The predicted molar refractivity (Wildman–Crippen MR) is 127 cm³/mol. The van der Waals surface area contributed by atoms with Gasteiger partial charge in [0, 0.05) is 19.8 Å². The van der Waals surface area contributed by atoms with Gasteiger partial charge in [0.05, 0.1) is 6.04 Å². The first-order valence-electron chi connectivity index (χ1n) is 12.1. The highest BCUT2D eigenvalue weighted by Gasteiger charge is 2.38. The van der Waals surface area contributed by atoms with Crippen molar-refractivity contribution in [2.45, 2.75) is 97.1 Å². The molecule has 180 valence electrons. The van der Waals surface area contributed by atoms with Crippen molar-refractivity contribution in [3.05, 3.63) is 47.6 Å². The summed E-state index contributed by atoms with van der Waals surface area (Å²) < 4.78 is 5.49. The molecule has 0 radical (unpaired) electrons. The minimum Gasteiger partial charge on any atom is -0.349 e. The van der Waals surface area contributed by atoms with Crippen molar-refractivity contribution in [3.8, 4) is 0 Å². The molecule has 1 aromatic heterocycles. The van der Waals surface area contributed by atoms with Crippen LogP contribution in [0, 0.1) is 5.41 Å². The maximum Gasteiger partial charge on any atom is 0.227 e. The third-order valence-corrected chi connectivity index (χ3v) is 6.19. The SMILES string of the molecule is CC(=O)NC1(c2noc(CCC(=O)NC(CC(C)(C)C)c3ccccc3)n2)CCCCCC1. The average molecular weight is 455 g/mol. The van der Waals surface area contributed by atoms with Crippen LogP contribution in [0.2, 0.25) is 0 Å². The van der Waals surface area contributed by atoms with E-state index in [0.717, 1.165) is 50.5 Å². The monoisotopic (exact) mass is 454 g/mol. The third kappa shape index (κ3) is 7.41. The summed E-state index contributed by atoms with van der Waals surface area (Å²) in [7, 11) is 0. The van der Waals surface area contributed by atoms with E-state index in [2.05, 4.69) is 53.7 Å². The Hall–Kier alpha value is -2.70. The number of carbonyl (C=O) groups excluding carboxylic acids is 2. The Morgan fingerprint density at radius 1 is 1.09 bits per heavy atom. The molecule has 2 N–H and O–H groups in total. The normalized spacial score (nSPS) is 17.1. The fourth-order valence-corrected chi connectivity index (χ4v) is 4.66. The number of rotatable bonds is 8. The summed E-state index contributed by atoms with van der Waals surface area (Å²) in [6.07, 6.45) is 7.39. The molecule has 1 aliphatic carbocycles. The van der Waals surface area contributed by atoms with Crippen LogP contribution in [0.1, 0.15) is 102 Å². The summed E-state index contributed by atoms with van der Waals surface area (Å²) in [5.74, 6) is 0.832. The van der Waals surface area contributed by atoms with Crippen LogP contribution in [0.15, 0.2) is 34.9 Å². The molecular formula is C26H38N4O3. The molecule has 3 rings (SSSR count). The van der Waals surface area contributed by atoms with Crippen molar-refractivity contribution in [2.75, 3.05) is 0 Å².